The number of likely N-dealkylation sites (tertiary alicyclic amines) is 1. The molecule has 4 aromatic heterocycles. The lowest BCUT2D eigenvalue weighted by Crippen LogP contribution is -2.33. The lowest BCUT2D eigenvalue weighted by Gasteiger charge is -2.30. The van der Waals surface area contributed by atoms with E-state index in [4.69, 9.17) is 0 Å². The van der Waals surface area contributed by atoms with Crippen molar-refractivity contribution in [2.24, 2.45) is 5.92 Å². The Bertz CT molecular complexity index is 1740. The van der Waals surface area contributed by atoms with Gasteiger partial charge in [-0.1, -0.05) is 6.92 Å². The van der Waals surface area contributed by atoms with Crippen molar-refractivity contribution in [3.05, 3.63) is 72.1 Å². The van der Waals surface area contributed by atoms with E-state index in [0.717, 1.165) is 59.4 Å². The predicted octanol–water partition coefficient (Wildman–Crippen LogP) is 5.99. The number of anilines is 3. The molecule has 5 heterocycles. The second kappa shape index (κ2) is 11.8. The van der Waals surface area contributed by atoms with Gasteiger partial charge in [-0.3, -0.25) is 18.8 Å². The van der Waals surface area contributed by atoms with Crippen molar-refractivity contribution in [3.63, 3.8) is 0 Å². The van der Waals surface area contributed by atoms with Crippen LogP contribution >= 0.6 is 11.5 Å². The maximum Gasteiger partial charge on any atom is 0.416 e. The first-order chi connectivity index (χ1) is 20.6. The molecular weight excluding hydrogens is 579 g/mol. The highest BCUT2D eigenvalue weighted by molar-refractivity contribution is 7.10. The molecule has 0 aliphatic carbocycles. The number of aryl methyl sites for hydroxylation is 1. The number of carbonyl (C=O) groups excluding carboxylic acids is 1. The number of halogens is 3. The van der Waals surface area contributed by atoms with Crippen LogP contribution < -0.4 is 10.6 Å². The fraction of sp³-hybridized carbons (Fsp3) is 0.345. The highest BCUT2D eigenvalue weighted by atomic mass is 32.1. The van der Waals surface area contributed by atoms with Gasteiger partial charge in [0.25, 0.3) is 0 Å². The number of nitrogens with one attached hydrogen (secondary N) is 2. The van der Waals surface area contributed by atoms with Gasteiger partial charge >= 0.3 is 6.18 Å². The molecule has 43 heavy (non-hydrogen) atoms. The number of aromatic nitrogens is 6. The Kier molecular flexibility index (Phi) is 7.88. The van der Waals surface area contributed by atoms with Crippen molar-refractivity contribution in [3.8, 4) is 11.3 Å². The van der Waals surface area contributed by atoms with Gasteiger partial charge in [0.2, 0.25) is 5.91 Å². The molecule has 1 saturated heterocycles. The molecule has 14 heteroatoms. The summed E-state index contributed by atoms with van der Waals surface area (Å²) in [4.78, 5) is 24.3. The molecule has 0 radical (unpaired) electrons. The fourth-order valence-corrected chi connectivity index (χ4v) is 5.96. The molecule has 1 aliphatic heterocycles. The van der Waals surface area contributed by atoms with Crippen LogP contribution in [0.3, 0.4) is 0 Å². The number of rotatable bonds is 8. The second-order valence-electron chi connectivity index (χ2n) is 10.9. The topological polar surface area (TPSA) is 105 Å². The summed E-state index contributed by atoms with van der Waals surface area (Å²) in [6.45, 7) is 7.11. The van der Waals surface area contributed by atoms with Crippen LogP contribution in [-0.4, -0.2) is 52.4 Å². The van der Waals surface area contributed by atoms with Crippen LogP contribution in [0.4, 0.5) is 29.7 Å². The number of imidazole rings is 1. The van der Waals surface area contributed by atoms with Gasteiger partial charge in [-0.25, -0.2) is 9.97 Å². The molecule has 0 bridgehead atoms. The number of benzene rings is 1. The summed E-state index contributed by atoms with van der Waals surface area (Å²) in [5, 5.41) is 11.2. The summed E-state index contributed by atoms with van der Waals surface area (Å²) < 4.78 is 46.4. The molecule has 1 aliphatic rings. The highest BCUT2D eigenvalue weighted by Crippen LogP contribution is 2.30. The van der Waals surface area contributed by atoms with Crippen LogP contribution in [0.15, 0.2) is 55.1 Å². The molecule has 224 valence electrons. The SMILES string of the molecule is Cc1cn2c(-c3cnn(CC(=O)Nc4ccc(C(F)(F)F)cc4)c3)cnc2c(Nc2cc(CN3CCCC(C)C3)ns2)n1. The normalized spacial score (nSPS) is 16.1. The van der Waals surface area contributed by atoms with Crippen molar-refractivity contribution < 1.29 is 18.0 Å². The van der Waals surface area contributed by atoms with E-state index >= 15 is 0 Å². The summed E-state index contributed by atoms with van der Waals surface area (Å²) in [6.07, 6.45) is 5.02. The molecule has 1 aromatic carbocycles. The lowest BCUT2D eigenvalue weighted by atomic mass is 10.0. The summed E-state index contributed by atoms with van der Waals surface area (Å²) >= 11 is 1.40. The van der Waals surface area contributed by atoms with Gasteiger partial charge in [0.15, 0.2) is 11.5 Å². The van der Waals surface area contributed by atoms with E-state index in [0.29, 0.717) is 17.4 Å². The molecule has 1 amide bonds. The van der Waals surface area contributed by atoms with Crippen LogP contribution in [0.5, 0.6) is 0 Å². The molecule has 1 unspecified atom stereocenters. The van der Waals surface area contributed by atoms with Crippen molar-refractivity contribution in [1.82, 2.24) is 33.4 Å². The standard InChI is InChI=1S/C29H30F3N9OS/c1-18-4-3-9-39(13-18)16-23-10-26(43-38-23)37-27-28-33-12-24(41(28)14-19(2)35-27)20-11-34-40(15-20)17-25(42)36-22-7-5-21(6-8-22)29(30,31)32/h5-8,10-12,14-15,18H,3-4,9,13,16-17H2,1-2H3,(H,35,37)(H,36,42). The molecule has 6 rings (SSSR count). The van der Waals surface area contributed by atoms with E-state index in [1.54, 1.807) is 18.6 Å². The van der Waals surface area contributed by atoms with Crippen molar-refractivity contribution in [1.29, 1.82) is 0 Å². The zero-order valence-corrected chi connectivity index (χ0v) is 24.4. The molecule has 2 N–H and O–H groups in total. The van der Waals surface area contributed by atoms with Crippen LogP contribution in [-0.2, 0) is 24.1 Å². The van der Waals surface area contributed by atoms with Gasteiger partial charge in [0.1, 0.15) is 11.5 Å². The average molecular weight is 610 g/mol. The lowest BCUT2D eigenvalue weighted by molar-refractivity contribution is -0.137. The number of hydrogen-bond donors (Lipinski definition) is 2. The van der Waals surface area contributed by atoms with Crippen molar-refractivity contribution in [2.75, 3.05) is 23.7 Å². The first-order valence-corrected chi connectivity index (χ1v) is 14.7. The van der Waals surface area contributed by atoms with E-state index in [1.165, 1.54) is 41.2 Å². The smallest absolute Gasteiger partial charge is 0.328 e. The third-order valence-electron chi connectivity index (χ3n) is 7.27. The number of piperidine rings is 1. The van der Waals surface area contributed by atoms with Crippen molar-refractivity contribution >= 4 is 39.6 Å². The van der Waals surface area contributed by atoms with E-state index in [-0.39, 0.29) is 12.2 Å². The molecular formula is C29H30F3N9OS. The van der Waals surface area contributed by atoms with E-state index in [9.17, 15) is 18.0 Å². The summed E-state index contributed by atoms with van der Waals surface area (Å²) in [5.74, 6) is 0.899. The zero-order chi connectivity index (χ0) is 30.1. The average Bonchev–Trinajstić information content (AvgIpc) is 3.69. The molecule has 0 spiro atoms. The predicted molar refractivity (Wildman–Crippen MR) is 158 cm³/mol. The minimum atomic E-state index is -4.44. The van der Waals surface area contributed by atoms with Crippen molar-refractivity contribution in [2.45, 2.75) is 46.0 Å². The van der Waals surface area contributed by atoms with E-state index in [1.807, 2.05) is 17.5 Å². The number of alkyl halides is 3. The van der Waals surface area contributed by atoms with Crippen LogP contribution in [0.1, 0.15) is 36.7 Å². The van der Waals surface area contributed by atoms with E-state index < -0.39 is 17.6 Å². The van der Waals surface area contributed by atoms with Gasteiger partial charge < -0.3 is 10.6 Å². The summed E-state index contributed by atoms with van der Waals surface area (Å²) in [5.41, 5.74) is 3.44. The minimum Gasteiger partial charge on any atom is -0.328 e. The van der Waals surface area contributed by atoms with Crippen LogP contribution in [0.25, 0.3) is 16.9 Å². The van der Waals surface area contributed by atoms with Gasteiger partial charge in [0, 0.05) is 36.7 Å². The van der Waals surface area contributed by atoms with Crippen LogP contribution in [0.2, 0.25) is 0 Å². The number of hydrogen-bond acceptors (Lipinski definition) is 8. The Morgan fingerprint density at radius 2 is 1.98 bits per heavy atom. The Morgan fingerprint density at radius 3 is 2.74 bits per heavy atom. The maximum atomic E-state index is 12.8. The second-order valence-corrected chi connectivity index (χ2v) is 11.7. The Hall–Kier alpha value is -4.30. The molecule has 5 aromatic rings. The third kappa shape index (κ3) is 6.70. The number of amides is 1. The maximum absolute atomic E-state index is 12.8. The summed E-state index contributed by atoms with van der Waals surface area (Å²) in [6, 6.07) is 6.36. The number of nitrogens with zero attached hydrogens (tertiary/aromatic N) is 7. The fourth-order valence-electron chi connectivity index (χ4n) is 5.30. The summed E-state index contributed by atoms with van der Waals surface area (Å²) in [7, 11) is 0. The Morgan fingerprint density at radius 1 is 1.16 bits per heavy atom. The van der Waals surface area contributed by atoms with Gasteiger partial charge in [-0.2, -0.15) is 22.6 Å². The number of carbonyl (C=O) groups is 1. The third-order valence-corrected chi connectivity index (χ3v) is 8.01. The highest BCUT2D eigenvalue weighted by Gasteiger charge is 2.30. The quantitative estimate of drug-likeness (QED) is 0.223. The van der Waals surface area contributed by atoms with Gasteiger partial charge in [-0.15, -0.1) is 0 Å². The zero-order valence-electron chi connectivity index (χ0n) is 23.6. The molecule has 10 nitrogen and oxygen atoms in total. The molecule has 1 fully saturated rings. The van der Waals surface area contributed by atoms with Gasteiger partial charge in [-0.05, 0) is 74.1 Å². The molecule has 0 saturated carbocycles. The first-order valence-electron chi connectivity index (χ1n) is 13.9. The van der Waals surface area contributed by atoms with Gasteiger partial charge in [0.05, 0.1) is 35.0 Å². The monoisotopic (exact) mass is 609 g/mol. The Balaban J connectivity index is 1.14. The Labute approximate surface area is 249 Å². The molecule has 1 atom stereocenters. The van der Waals surface area contributed by atoms with E-state index in [2.05, 4.69) is 48.0 Å². The minimum absolute atomic E-state index is 0.116. The number of fused-ring (bicyclic) bond motifs is 1. The first kappa shape index (κ1) is 28.8. The van der Waals surface area contributed by atoms with Crippen LogP contribution in [0, 0.1) is 12.8 Å². The largest absolute Gasteiger partial charge is 0.416 e.